The van der Waals surface area contributed by atoms with Gasteiger partial charge in [0.15, 0.2) is 0 Å². The van der Waals surface area contributed by atoms with Crippen LogP contribution in [0.3, 0.4) is 0 Å². The first-order valence-corrected chi connectivity index (χ1v) is 11.1. The average molecular weight is 419 g/mol. The molecular weight excluding hydrogens is 388 g/mol. The van der Waals surface area contributed by atoms with Crippen molar-refractivity contribution in [2.75, 3.05) is 11.9 Å². The molecule has 3 aromatic rings. The number of para-hydroxylation sites is 1. The Morgan fingerprint density at radius 3 is 2.61 bits per heavy atom. The Balaban J connectivity index is 1.28. The highest BCUT2D eigenvalue weighted by Gasteiger charge is 2.18. The van der Waals surface area contributed by atoms with Crippen LogP contribution >= 0.6 is 0 Å². The van der Waals surface area contributed by atoms with Crippen LogP contribution in [0.4, 0.5) is 5.69 Å². The van der Waals surface area contributed by atoms with Crippen molar-refractivity contribution in [1.29, 1.82) is 0 Å². The van der Waals surface area contributed by atoms with Gasteiger partial charge in [0.1, 0.15) is 0 Å². The number of aromatic nitrogens is 2. The number of hydrogen-bond donors (Lipinski definition) is 1. The Bertz CT molecular complexity index is 1080. The number of rotatable bonds is 7. The molecule has 31 heavy (non-hydrogen) atoms. The standard InChI is InChI=1S/C25H30N4O2/c1-28(20-7-3-2-4-8-20)21-13-11-19(12-14-21)17-26-24(30)15-16-29-18-27-23-10-6-5-9-22(23)25(29)31/h5-6,9-14,18,20H,2-4,7-8,15-17H2,1H3,(H,26,30). The zero-order valence-electron chi connectivity index (χ0n) is 18.1. The number of benzene rings is 2. The second-order valence-electron chi connectivity index (χ2n) is 8.36. The van der Waals surface area contributed by atoms with Gasteiger partial charge in [-0.2, -0.15) is 0 Å². The lowest BCUT2D eigenvalue weighted by Gasteiger charge is -2.33. The summed E-state index contributed by atoms with van der Waals surface area (Å²) in [6, 6.07) is 16.3. The van der Waals surface area contributed by atoms with Gasteiger partial charge >= 0.3 is 0 Å². The van der Waals surface area contributed by atoms with Gasteiger partial charge in [0, 0.05) is 38.3 Å². The summed E-state index contributed by atoms with van der Waals surface area (Å²) in [6.45, 7) is 0.796. The van der Waals surface area contributed by atoms with E-state index in [1.165, 1.54) is 48.7 Å². The molecule has 0 radical (unpaired) electrons. The lowest BCUT2D eigenvalue weighted by atomic mass is 9.94. The fraction of sp³-hybridized carbons (Fsp3) is 0.400. The molecule has 1 fully saturated rings. The summed E-state index contributed by atoms with van der Waals surface area (Å²) in [7, 11) is 2.18. The largest absolute Gasteiger partial charge is 0.372 e. The maximum atomic E-state index is 12.5. The van der Waals surface area contributed by atoms with Crippen LogP contribution in [0.25, 0.3) is 10.9 Å². The molecule has 0 aliphatic heterocycles. The van der Waals surface area contributed by atoms with Crippen molar-refractivity contribution in [3.63, 3.8) is 0 Å². The average Bonchev–Trinajstić information content (AvgIpc) is 2.83. The van der Waals surface area contributed by atoms with E-state index < -0.39 is 0 Å². The lowest BCUT2D eigenvalue weighted by molar-refractivity contribution is -0.121. The molecule has 0 bridgehead atoms. The molecule has 0 unspecified atom stereocenters. The molecule has 0 saturated heterocycles. The number of aryl methyl sites for hydroxylation is 1. The lowest BCUT2D eigenvalue weighted by Crippen LogP contribution is -2.33. The van der Waals surface area contributed by atoms with E-state index in [1.54, 1.807) is 6.07 Å². The van der Waals surface area contributed by atoms with Crippen LogP contribution in [0, 0.1) is 0 Å². The third-order valence-electron chi connectivity index (χ3n) is 6.27. The maximum absolute atomic E-state index is 12.5. The zero-order chi connectivity index (χ0) is 21.6. The van der Waals surface area contributed by atoms with Gasteiger partial charge < -0.3 is 10.2 Å². The van der Waals surface area contributed by atoms with E-state index in [-0.39, 0.29) is 17.9 Å². The summed E-state index contributed by atoms with van der Waals surface area (Å²) >= 11 is 0. The molecule has 1 amide bonds. The first-order chi connectivity index (χ1) is 15.1. The third-order valence-corrected chi connectivity index (χ3v) is 6.27. The van der Waals surface area contributed by atoms with Crippen LogP contribution in [0.2, 0.25) is 0 Å². The summed E-state index contributed by atoms with van der Waals surface area (Å²) in [4.78, 5) is 31.5. The molecule has 1 aromatic heterocycles. The number of carbonyl (C=O) groups is 1. The van der Waals surface area contributed by atoms with Gasteiger partial charge in [0.05, 0.1) is 17.2 Å². The van der Waals surface area contributed by atoms with E-state index in [1.807, 2.05) is 18.2 Å². The highest BCUT2D eigenvalue weighted by atomic mass is 16.1. The van der Waals surface area contributed by atoms with Gasteiger partial charge in [-0.15, -0.1) is 0 Å². The molecule has 1 aliphatic carbocycles. The maximum Gasteiger partial charge on any atom is 0.261 e. The fourth-order valence-electron chi connectivity index (χ4n) is 4.30. The zero-order valence-corrected chi connectivity index (χ0v) is 18.1. The molecule has 2 aromatic carbocycles. The predicted molar refractivity (Wildman–Crippen MR) is 124 cm³/mol. The Morgan fingerprint density at radius 1 is 1.10 bits per heavy atom. The van der Waals surface area contributed by atoms with Crippen molar-refractivity contribution in [2.45, 2.75) is 57.7 Å². The minimum absolute atomic E-state index is 0.0801. The van der Waals surface area contributed by atoms with Crippen molar-refractivity contribution in [1.82, 2.24) is 14.9 Å². The van der Waals surface area contributed by atoms with E-state index in [4.69, 9.17) is 0 Å². The van der Waals surface area contributed by atoms with Crippen LogP contribution in [0.15, 0.2) is 59.7 Å². The summed E-state index contributed by atoms with van der Waals surface area (Å²) in [5, 5.41) is 3.52. The molecule has 1 saturated carbocycles. The highest BCUT2D eigenvalue weighted by Crippen LogP contribution is 2.26. The number of nitrogens with one attached hydrogen (secondary N) is 1. The Kier molecular flexibility index (Phi) is 6.65. The van der Waals surface area contributed by atoms with Crippen LogP contribution in [-0.2, 0) is 17.9 Å². The molecule has 4 rings (SSSR count). The SMILES string of the molecule is CN(c1ccc(CNC(=O)CCn2cnc3ccccc3c2=O)cc1)C1CCCCC1. The molecule has 6 nitrogen and oxygen atoms in total. The van der Waals surface area contributed by atoms with Gasteiger partial charge in [0.2, 0.25) is 5.91 Å². The third kappa shape index (κ3) is 5.13. The van der Waals surface area contributed by atoms with Gasteiger partial charge in [-0.3, -0.25) is 14.2 Å². The molecule has 0 spiro atoms. The normalized spacial score (nSPS) is 14.5. The van der Waals surface area contributed by atoms with Gasteiger partial charge in [-0.1, -0.05) is 43.5 Å². The Hall–Kier alpha value is -3.15. The molecule has 1 heterocycles. The fourth-order valence-corrected chi connectivity index (χ4v) is 4.30. The smallest absolute Gasteiger partial charge is 0.261 e. The first kappa shape index (κ1) is 21.1. The Labute approximate surface area is 182 Å². The van der Waals surface area contributed by atoms with Gasteiger partial charge in [-0.25, -0.2) is 4.98 Å². The molecule has 162 valence electrons. The van der Waals surface area contributed by atoms with E-state index in [2.05, 4.69) is 46.5 Å². The van der Waals surface area contributed by atoms with Crippen molar-refractivity contribution >= 4 is 22.5 Å². The molecular formula is C25H30N4O2. The molecule has 1 N–H and O–H groups in total. The second kappa shape index (κ2) is 9.77. The van der Waals surface area contributed by atoms with Gasteiger partial charge in [-0.05, 0) is 42.7 Å². The molecule has 6 heteroatoms. The molecule has 1 aliphatic rings. The van der Waals surface area contributed by atoms with E-state index in [0.717, 1.165) is 5.56 Å². The summed E-state index contributed by atoms with van der Waals surface area (Å²) in [5.41, 5.74) is 2.85. The first-order valence-electron chi connectivity index (χ1n) is 11.1. The number of nitrogens with zero attached hydrogens (tertiary/aromatic N) is 3. The number of hydrogen-bond acceptors (Lipinski definition) is 4. The van der Waals surface area contributed by atoms with Crippen molar-refractivity contribution in [3.05, 3.63) is 70.8 Å². The monoisotopic (exact) mass is 418 g/mol. The minimum atomic E-state index is -0.115. The summed E-state index contributed by atoms with van der Waals surface area (Å²) in [6.07, 6.45) is 8.28. The summed E-state index contributed by atoms with van der Waals surface area (Å²) < 4.78 is 1.50. The number of anilines is 1. The topological polar surface area (TPSA) is 67.2 Å². The number of amides is 1. The minimum Gasteiger partial charge on any atom is -0.372 e. The number of fused-ring (bicyclic) bond motifs is 1. The quantitative estimate of drug-likeness (QED) is 0.632. The van der Waals surface area contributed by atoms with Crippen molar-refractivity contribution in [3.8, 4) is 0 Å². The van der Waals surface area contributed by atoms with Crippen LogP contribution in [0.5, 0.6) is 0 Å². The highest BCUT2D eigenvalue weighted by molar-refractivity contribution is 5.77. The van der Waals surface area contributed by atoms with E-state index >= 15 is 0 Å². The van der Waals surface area contributed by atoms with Gasteiger partial charge in [0.25, 0.3) is 5.56 Å². The van der Waals surface area contributed by atoms with E-state index in [9.17, 15) is 9.59 Å². The van der Waals surface area contributed by atoms with Crippen LogP contribution in [0.1, 0.15) is 44.1 Å². The van der Waals surface area contributed by atoms with Crippen molar-refractivity contribution < 1.29 is 4.79 Å². The second-order valence-corrected chi connectivity index (χ2v) is 8.36. The van der Waals surface area contributed by atoms with Crippen LogP contribution < -0.4 is 15.8 Å². The molecule has 0 atom stereocenters. The summed E-state index contributed by atoms with van der Waals surface area (Å²) in [5.74, 6) is -0.0801. The van der Waals surface area contributed by atoms with Crippen LogP contribution in [-0.4, -0.2) is 28.5 Å². The van der Waals surface area contributed by atoms with E-state index in [0.29, 0.717) is 30.0 Å². The predicted octanol–water partition coefficient (Wildman–Crippen LogP) is 3.87. The van der Waals surface area contributed by atoms with Crippen molar-refractivity contribution in [2.24, 2.45) is 0 Å². The Morgan fingerprint density at radius 2 is 1.84 bits per heavy atom. The number of carbonyl (C=O) groups excluding carboxylic acids is 1.